The molecule has 0 aliphatic heterocycles. The molecule has 0 saturated heterocycles. The van der Waals surface area contributed by atoms with Crippen LogP contribution in [0.3, 0.4) is 0 Å². The van der Waals surface area contributed by atoms with E-state index in [1.807, 2.05) is 6.07 Å². The minimum atomic E-state index is 0.00909. The van der Waals surface area contributed by atoms with Crippen molar-refractivity contribution >= 4 is 5.91 Å². The lowest BCUT2D eigenvalue weighted by molar-refractivity contribution is 0.0819. The standard InChI is InChI=1S/C20H28N4O/c1-4-12-24-18-11-10-16(21-14-15-8-6-5-7-9-15)13-17(18)19(22-24)20(25)23(2)3/h5-9,16,21H,4,10-14H2,1-3H3/t16-/m0/s1. The fourth-order valence-corrected chi connectivity index (χ4v) is 3.50. The van der Waals surface area contributed by atoms with Crippen molar-refractivity contribution in [2.75, 3.05) is 14.1 Å². The van der Waals surface area contributed by atoms with Crippen LogP contribution in [0.2, 0.25) is 0 Å². The van der Waals surface area contributed by atoms with E-state index in [0.29, 0.717) is 11.7 Å². The highest BCUT2D eigenvalue weighted by Crippen LogP contribution is 2.26. The van der Waals surface area contributed by atoms with Gasteiger partial charge in [0.2, 0.25) is 0 Å². The fourth-order valence-electron chi connectivity index (χ4n) is 3.50. The van der Waals surface area contributed by atoms with E-state index in [2.05, 4.69) is 46.3 Å². The number of carbonyl (C=O) groups is 1. The third-order valence-electron chi connectivity index (χ3n) is 4.83. The van der Waals surface area contributed by atoms with Gasteiger partial charge in [0.05, 0.1) is 0 Å². The number of fused-ring (bicyclic) bond motifs is 1. The fraction of sp³-hybridized carbons (Fsp3) is 0.500. The lowest BCUT2D eigenvalue weighted by Gasteiger charge is -2.25. The van der Waals surface area contributed by atoms with Gasteiger partial charge in [0.15, 0.2) is 5.69 Å². The third-order valence-corrected chi connectivity index (χ3v) is 4.83. The Morgan fingerprint density at radius 3 is 2.76 bits per heavy atom. The number of nitrogens with zero attached hydrogens (tertiary/aromatic N) is 3. The number of benzene rings is 1. The average molecular weight is 340 g/mol. The normalized spacial score (nSPS) is 16.5. The van der Waals surface area contributed by atoms with E-state index >= 15 is 0 Å². The van der Waals surface area contributed by atoms with Gasteiger partial charge in [-0.25, -0.2) is 0 Å². The number of hydrogen-bond acceptors (Lipinski definition) is 3. The van der Waals surface area contributed by atoms with Crippen LogP contribution < -0.4 is 5.32 Å². The molecule has 134 valence electrons. The van der Waals surface area contributed by atoms with Crippen molar-refractivity contribution in [2.24, 2.45) is 0 Å². The molecule has 1 aromatic heterocycles. The summed E-state index contributed by atoms with van der Waals surface area (Å²) in [6.07, 6.45) is 3.97. The molecular weight excluding hydrogens is 312 g/mol. The van der Waals surface area contributed by atoms with Gasteiger partial charge in [0, 0.05) is 44.5 Å². The average Bonchev–Trinajstić information content (AvgIpc) is 2.98. The SMILES string of the molecule is CCCn1nc(C(=O)N(C)C)c2c1CC[C@H](NCc1ccccc1)C2. The van der Waals surface area contributed by atoms with Gasteiger partial charge in [-0.15, -0.1) is 0 Å². The van der Waals surface area contributed by atoms with Crippen LogP contribution in [-0.4, -0.2) is 40.7 Å². The first-order valence-corrected chi connectivity index (χ1v) is 9.17. The minimum absolute atomic E-state index is 0.00909. The first kappa shape index (κ1) is 17.7. The van der Waals surface area contributed by atoms with Gasteiger partial charge in [0.1, 0.15) is 0 Å². The molecule has 0 spiro atoms. The van der Waals surface area contributed by atoms with Crippen molar-refractivity contribution in [3.05, 3.63) is 52.8 Å². The van der Waals surface area contributed by atoms with Gasteiger partial charge < -0.3 is 10.2 Å². The summed E-state index contributed by atoms with van der Waals surface area (Å²) in [4.78, 5) is 14.2. The summed E-state index contributed by atoms with van der Waals surface area (Å²) in [5, 5.41) is 8.31. The molecule has 1 aliphatic rings. The van der Waals surface area contributed by atoms with Crippen molar-refractivity contribution < 1.29 is 4.79 Å². The second-order valence-corrected chi connectivity index (χ2v) is 7.00. The zero-order valence-corrected chi connectivity index (χ0v) is 15.5. The molecule has 1 amide bonds. The first-order chi connectivity index (χ1) is 12.1. The van der Waals surface area contributed by atoms with E-state index in [1.165, 1.54) is 11.3 Å². The largest absolute Gasteiger partial charge is 0.343 e. The van der Waals surface area contributed by atoms with E-state index in [-0.39, 0.29) is 5.91 Å². The summed E-state index contributed by atoms with van der Waals surface area (Å²) in [5.41, 5.74) is 4.33. The molecule has 1 aliphatic carbocycles. The molecule has 0 unspecified atom stereocenters. The molecule has 0 bridgehead atoms. The van der Waals surface area contributed by atoms with Crippen LogP contribution in [0.25, 0.3) is 0 Å². The van der Waals surface area contributed by atoms with Gasteiger partial charge in [-0.2, -0.15) is 5.10 Å². The highest BCUT2D eigenvalue weighted by atomic mass is 16.2. The van der Waals surface area contributed by atoms with E-state index in [9.17, 15) is 4.79 Å². The molecule has 25 heavy (non-hydrogen) atoms. The summed E-state index contributed by atoms with van der Waals surface area (Å²) < 4.78 is 2.06. The number of carbonyl (C=O) groups excluding carboxylic acids is 1. The lowest BCUT2D eigenvalue weighted by Crippen LogP contribution is -2.35. The first-order valence-electron chi connectivity index (χ1n) is 9.17. The number of aromatic nitrogens is 2. The highest BCUT2D eigenvalue weighted by molar-refractivity contribution is 5.93. The molecule has 1 aromatic carbocycles. The van der Waals surface area contributed by atoms with Crippen LogP contribution in [0.15, 0.2) is 30.3 Å². The monoisotopic (exact) mass is 340 g/mol. The summed E-state index contributed by atoms with van der Waals surface area (Å²) in [6, 6.07) is 10.8. The van der Waals surface area contributed by atoms with E-state index in [1.54, 1.807) is 19.0 Å². The zero-order chi connectivity index (χ0) is 17.8. The number of amides is 1. The number of aryl methyl sites for hydroxylation is 1. The van der Waals surface area contributed by atoms with Gasteiger partial charge in [-0.1, -0.05) is 37.3 Å². The number of nitrogens with one attached hydrogen (secondary N) is 1. The molecule has 2 aromatic rings. The van der Waals surface area contributed by atoms with Gasteiger partial charge >= 0.3 is 0 Å². The quantitative estimate of drug-likeness (QED) is 0.879. The van der Waals surface area contributed by atoms with Crippen molar-refractivity contribution in [3.63, 3.8) is 0 Å². The molecule has 3 rings (SSSR count). The van der Waals surface area contributed by atoms with E-state index in [4.69, 9.17) is 0 Å². The summed E-state index contributed by atoms with van der Waals surface area (Å²) >= 11 is 0. The minimum Gasteiger partial charge on any atom is -0.343 e. The number of rotatable bonds is 6. The predicted octanol–water partition coefficient (Wildman–Crippen LogP) is 2.64. The van der Waals surface area contributed by atoms with E-state index < -0.39 is 0 Å². The Balaban J connectivity index is 1.77. The molecule has 0 fully saturated rings. The molecule has 5 nitrogen and oxygen atoms in total. The Hall–Kier alpha value is -2.14. The van der Waals surface area contributed by atoms with Gasteiger partial charge in [0.25, 0.3) is 5.91 Å². The van der Waals surface area contributed by atoms with Crippen LogP contribution in [0.5, 0.6) is 0 Å². The van der Waals surface area contributed by atoms with Gasteiger partial charge in [-0.3, -0.25) is 9.48 Å². The second kappa shape index (κ2) is 7.83. The maximum atomic E-state index is 12.5. The molecule has 5 heteroatoms. The molecule has 0 saturated carbocycles. The third kappa shape index (κ3) is 3.93. The highest BCUT2D eigenvalue weighted by Gasteiger charge is 2.29. The Morgan fingerprint density at radius 2 is 2.08 bits per heavy atom. The summed E-state index contributed by atoms with van der Waals surface area (Å²) in [5.74, 6) is 0.00909. The maximum absolute atomic E-state index is 12.5. The summed E-state index contributed by atoms with van der Waals surface area (Å²) in [6.45, 7) is 3.89. The second-order valence-electron chi connectivity index (χ2n) is 7.00. The molecular formula is C20H28N4O. The Labute approximate surface area is 150 Å². The van der Waals surface area contributed by atoms with Crippen molar-refractivity contribution in [1.82, 2.24) is 20.0 Å². The maximum Gasteiger partial charge on any atom is 0.274 e. The molecule has 1 N–H and O–H groups in total. The van der Waals surface area contributed by atoms with Crippen molar-refractivity contribution in [2.45, 2.75) is 51.7 Å². The topological polar surface area (TPSA) is 50.2 Å². The zero-order valence-electron chi connectivity index (χ0n) is 15.5. The van der Waals surface area contributed by atoms with Crippen LogP contribution >= 0.6 is 0 Å². The predicted molar refractivity (Wildman–Crippen MR) is 99.6 cm³/mol. The van der Waals surface area contributed by atoms with Crippen LogP contribution in [0.1, 0.15) is 47.1 Å². The number of hydrogen-bond donors (Lipinski definition) is 1. The lowest BCUT2D eigenvalue weighted by atomic mass is 9.91. The molecule has 1 atom stereocenters. The van der Waals surface area contributed by atoms with E-state index in [0.717, 1.165) is 44.3 Å². The van der Waals surface area contributed by atoms with Crippen molar-refractivity contribution in [1.29, 1.82) is 0 Å². The summed E-state index contributed by atoms with van der Waals surface area (Å²) in [7, 11) is 3.59. The van der Waals surface area contributed by atoms with Crippen LogP contribution in [0.4, 0.5) is 0 Å². The molecule has 1 heterocycles. The Morgan fingerprint density at radius 1 is 1.32 bits per heavy atom. The van der Waals surface area contributed by atoms with Gasteiger partial charge in [-0.05, 0) is 31.2 Å². The van der Waals surface area contributed by atoms with Crippen LogP contribution in [-0.2, 0) is 25.9 Å². The Bertz CT molecular complexity index is 721. The smallest absolute Gasteiger partial charge is 0.274 e. The molecule has 0 radical (unpaired) electrons. The Kier molecular flexibility index (Phi) is 5.53. The van der Waals surface area contributed by atoms with Crippen LogP contribution in [0, 0.1) is 0 Å². The van der Waals surface area contributed by atoms with Crippen molar-refractivity contribution in [3.8, 4) is 0 Å².